The van der Waals surface area contributed by atoms with Gasteiger partial charge in [-0.05, 0) is 48.5 Å². The molecule has 0 bridgehead atoms. The molecular weight excluding hydrogens is 304 g/mol. The third kappa shape index (κ3) is 5.18. The molecule has 0 saturated heterocycles. The first-order chi connectivity index (χ1) is 11.6. The van der Waals surface area contributed by atoms with E-state index in [-0.39, 0.29) is 18.4 Å². The fourth-order valence-corrected chi connectivity index (χ4v) is 1.96. The lowest BCUT2D eigenvalue weighted by atomic mass is 10.2. The van der Waals surface area contributed by atoms with Crippen molar-refractivity contribution in [2.75, 3.05) is 19.0 Å². The second kappa shape index (κ2) is 8.39. The first-order valence-corrected chi connectivity index (χ1v) is 7.37. The Morgan fingerprint density at radius 1 is 1.04 bits per heavy atom. The van der Waals surface area contributed by atoms with Crippen LogP contribution in [0.1, 0.15) is 22.8 Å². The molecule has 2 rings (SSSR count). The summed E-state index contributed by atoms with van der Waals surface area (Å²) >= 11 is 0. The molecule has 0 saturated carbocycles. The Bertz CT molecular complexity index is 769. The van der Waals surface area contributed by atoms with E-state index >= 15 is 0 Å². The normalized spacial score (nSPS) is 9.42. The summed E-state index contributed by atoms with van der Waals surface area (Å²) in [4.78, 5) is 22.9. The smallest absolute Gasteiger partial charge is 0.252 e. The molecule has 2 aromatic rings. The second-order valence-corrected chi connectivity index (χ2v) is 4.97. The van der Waals surface area contributed by atoms with E-state index in [1.807, 2.05) is 24.3 Å². The van der Waals surface area contributed by atoms with Crippen LogP contribution >= 0.6 is 0 Å². The zero-order chi connectivity index (χ0) is 17.4. The topological polar surface area (TPSA) is 67.4 Å². The van der Waals surface area contributed by atoms with Crippen LogP contribution < -0.4 is 15.4 Å². The molecule has 2 N–H and O–H groups in total. The number of anilines is 1. The van der Waals surface area contributed by atoms with Crippen molar-refractivity contribution in [1.29, 1.82) is 0 Å². The predicted octanol–water partition coefficient (Wildman–Crippen LogP) is 2.44. The van der Waals surface area contributed by atoms with Crippen molar-refractivity contribution in [1.82, 2.24) is 5.32 Å². The molecule has 2 aromatic carbocycles. The van der Waals surface area contributed by atoms with Crippen molar-refractivity contribution in [2.24, 2.45) is 0 Å². The number of carbonyl (C=O) groups excluding carboxylic acids is 2. The summed E-state index contributed by atoms with van der Waals surface area (Å²) < 4.78 is 5.08. The van der Waals surface area contributed by atoms with Gasteiger partial charge in [-0.15, -0.1) is 0 Å². The van der Waals surface area contributed by atoms with Crippen molar-refractivity contribution >= 4 is 17.5 Å². The molecule has 0 aromatic heterocycles. The van der Waals surface area contributed by atoms with Gasteiger partial charge in [0.1, 0.15) is 5.75 Å². The molecule has 0 aliphatic heterocycles. The lowest BCUT2D eigenvalue weighted by molar-refractivity contribution is -0.114. The van der Waals surface area contributed by atoms with Crippen molar-refractivity contribution in [2.45, 2.75) is 6.92 Å². The highest BCUT2D eigenvalue weighted by molar-refractivity contribution is 5.95. The third-order valence-electron chi connectivity index (χ3n) is 3.13. The minimum absolute atomic E-state index is 0.152. The summed E-state index contributed by atoms with van der Waals surface area (Å²) in [6.07, 6.45) is 0. The molecule has 0 radical (unpaired) electrons. The number of methoxy groups -OCH3 is 1. The molecule has 5 heteroatoms. The van der Waals surface area contributed by atoms with Gasteiger partial charge in [-0.1, -0.05) is 11.8 Å². The fraction of sp³-hybridized carbons (Fsp3) is 0.158. The van der Waals surface area contributed by atoms with E-state index in [0.29, 0.717) is 11.3 Å². The molecule has 0 heterocycles. The van der Waals surface area contributed by atoms with Gasteiger partial charge >= 0.3 is 0 Å². The van der Waals surface area contributed by atoms with Gasteiger partial charge in [0.05, 0.1) is 13.7 Å². The minimum atomic E-state index is -0.214. The average Bonchev–Trinajstić information content (AvgIpc) is 2.59. The molecular formula is C19H18N2O3. The average molecular weight is 322 g/mol. The zero-order valence-corrected chi connectivity index (χ0v) is 13.6. The molecule has 0 fully saturated rings. The Labute approximate surface area is 141 Å². The van der Waals surface area contributed by atoms with Crippen LogP contribution in [0.15, 0.2) is 48.5 Å². The Hall–Kier alpha value is -3.26. The summed E-state index contributed by atoms with van der Waals surface area (Å²) in [5.74, 6) is 6.27. The number of carbonyl (C=O) groups is 2. The van der Waals surface area contributed by atoms with Crippen LogP contribution in [-0.2, 0) is 4.79 Å². The van der Waals surface area contributed by atoms with Crippen molar-refractivity contribution < 1.29 is 14.3 Å². The van der Waals surface area contributed by atoms with Gasteiger partial charge in [-0.2, -0.15) is 0 Å². The van der Waals surface area contributed by atoms with E-state index in [1.54, 1.807) is 31.4 Å². The maximum absolute atomic E-state index is 12.0. The summed E-state index contributed by atoms with van der Waals surface area (Å²) in [5, 5.41) is 5.38. The number of ether oxygens (including phenoxy) is 1. The quantitative estimate of drug-likeness (QED) is 0.850. The number of rotatable bonds is 4. The Kier molecular flexibility index (Phi) is 5.98. The van der Waals surface area contributed by atoms with E-state index in [2.05, 4.69) is 22.5 Å². The molecule has 0 aliphatic carbocycles. The van der Waals surface area contributed by atoms with Gasteiger partial charge in [0.15, 0.2) is 0 Å². The fourth-order valence-electron chi connectivity index (χ4n) is 1.96. The van der Waals surface area contributed by atoms with E-state index < -0.39 is 0 Å². The number of hydrogen-bond donors (Lipinski definition) is 2. The van der Waals surface area contributed by atoms with Gasteiger partial charge in [0.2, 0.25) is 5.91 Å². The van der Waals surface area contributed by atoms with Gasteiger partial charge in [0, 0.05) is 23.7 Å². The van der Waals surface area contributed by atoms with Crippen LogP contribution in [-0.4, -0.2) is 25.5 Å². The summed E-state index contributed by atoms with van der Waals surface area (Å²) in [5.41, 5.74) is 2.01. The van der Waals surface area contributed by atoms with E-state index in [4.69, 9.17) is 4.74 Å². The molecule has 2 amide bonds. The molecule has 24 heavy (non-hydrogen) atoms. The van der Waals surface area contributed by atoms with Crippen LogP contribution in [0.25, 0.3) is 0 Å². The monoisotopic (exact) mass is 322 g/mol. The van der Waals surface area contributed by atoms with Crippen LogP contribution in [0.2, 0.25) is 0 Å². The SMILES string of the molecule is COc1ccc(C#CCNC(=O)c2ccc(NC(C)=O)cc2)cc1. The molecule has 0 aliphatic rings. The largest absolute Gasteiger partial charge is 0.497 e. The Morgan fingerprint density at radius 2 is 1.71 bits per heavy atom. The van der Waals surface area contributed by atoms with Gasteiger partial charge in [-0.25, -0.2) is 0 Å². The number of nitrogens with one attached hydrogen (secondary N) is 2. The van der Waals surface area contributed by atoms with Gasteiger partial charge < -0.3 is 15.4 Å². The highest BCUT2D eigenvalue weighted by Crippen LogP contribution is 2.10. The highest BCUT2D eigenvalue weighted by atomic mass is 16.5. The first kappa shape index (κ1) is 17.1. The van der Waals surface area contributed by atoms with E-state index in [0.717, 1.165) is 11.3 Å². The minimum Gasteiger partial charge on any atom is -0.497 e. The zero-order valence-electron chi connectivity index (χ0n) is 13.6. The lowest BCUT2D eigenvalue weighted by Crippen LogP contribution is -2.23. The van der Waals surface area contributed by atoms with Crippen molar-refractivity contribution in [3.05, 3.63) is 59.7 Å². The Morgan fingerprint density at radius 3 is 2.29 bits per heavy atom. The molecule has 5 nitrogen and oxygen atoms in total. The molecule has 122 valence electrons. The third-order valence-corrected chi connectivity index (χ3v) is 3.13. The summed E-state index contributed by atoms with van der Waals surface area (Å²) in [6.45, 7) is 1.68. The first-order valence-electron chi connectivity index (χ1n) is 7.37. The Balaban J connectivity index is 1.86. The molecule has 0 unspecified atom stereocenters. The highest BCUT2D eigenvalue weighted by Gasteiger charge is 2.04. The van der Waals surface area contributed by atoms with E-state index in [9.17, 15) is 9.59 Å². The van der Waals surface area contributed by atoms with Crippen LogP contribution in [0.3, 0.4) is 0 Å². The summed E-state index contributed by atoms with van der Waals surface area (Å²) in [7, 11) is 1.61. The van der Waals surface area contributed by atoms with Crippen LogP contribution in [0.4, 0.5) is 5.69 Å². The number of benzene rings is 2. The van der Waals surface area contributed by atoms with Gasteiger partial charge in [0.25, 0.3) is 5.91 Å². The number of hydrogen-bond acceptors (Lipinski definition) is 3. The van der Waals surface area contributed by atoms with Gasteiger partial charge in [-0.3, -0.25) is 9.59 Å². The molecule has 0 spiro atoms. The maximum atomic E-state index is 12.0. The lowest BCUT2D eigenvalue weighted by Gasteiger charge is -2.04. The maximum Gasteiger partial charge on any atom is 0.252 e. The van der Waals surface area contributed by atoms with Crippen molar-refractivity contribution in [3.63, 3.8) is 0 Å². The predicted molar refractivity (Wildman–Crippen MR) is 93.0 cm³/mol. The van der Waals surface area contributed by atoms with Crippen LogP contribution in [0.5, 0.6) is 5.75 Å². The second-order valence-electron chi connectivity index (χ2n) is 4.97. The van der Waals surface area contributed by atoms with E-state index in [1.165, 1.54) is 6.92 Å². The van der Waals surface area contributed by atoms with Crippen LogP contribution in [0, 0.1) is 11.8 Å². The van der Waals surface area contributed by atoms with Crippen molar-refractivity contribution in [3.8, 4) is 17.6 Å². The standard InChI is InChI=1S/C19H18N2O3/c1-14(22)21-17-9-7-16(8-10-17)19(23)20-13-3-4-15-5-11-18(24-2)12-6-15/h5-12H,13H2,1-2H3,(H,20,23)(H,21,22). The number of amides is 2. The molecule has 0 atom stereocenters. The summed E-state index contributed by atoms with van der Waals surface area (Å²) in [6, 6.07) is 14.0.